The summed E-state index contributed by atoms with van der Waals surface area (Å²) in [7, 11) is -2.26. The normalized spacial score (nSPS) is 12.7. The van der Waals surface area contributed by atoms with Gasteiger partial charge in [0.2, 0.25) is 0 Å². The lowest BCUT2D eigenvalue weighted by molar-refractivity contribution is 0.195. The molecule has 0 aliphatic heterocycles. The Labute approximate surface area is 199 Å². The summed E-state index contributed by atoms with van der Waals surface area (Å²) < 4.78 is 15.6. The molecule has 2 N–H and O–H groups in total. The van der Waals surface area contributed by atoms with Crippen LogP contribution in [0, 0.1) is 0 Å². The van der Waals surface area contributed by atoms with Gasteiger partial charge >= 0.3 is 7.82 Å². The molecule has 6 heteroatoms. The summed E-state index contributed by atoms with van der Waals surface area (Å²) >= 11 is 0. The maximum atomic E-state index is 11.0. The highest BCUT2D eigenvalue weighted by atomic mass is 31.2. The van der Waals surface area contributed by atoms with Crippen molar-refractivity contribution in [1.29, 1.82) is 0 Å². The van der Waals surface area contributed by atoms with Crippen molar-refractivity contribution >= 4 is 50.9 Å². The molecule has 0 saturated heterocycles. The lowest BCUT2D eigenvalue weighted by Gasteiger charge is -2.19. The molecule has 0 aliphatic carbocycles. The second-order valence-electron chi connectivity index (χ2n) is 9.07. The summed E-state index contributed by atoms with van der Waals surface area (Å²) in [6.07, 6.45) is 2.27. The Hall–Kier alpha value is -2.53. The Morgan fingerprint density at radius 2 is 1.26 bits per heavy atom. The van der Waals surface area contributed by atoms with Gasteiger partial charge in [-0.05, 0) is 87.1 Å². The fourth-order valence-corrected chi connectivity index (χ4v) is 5.55. The average molecular weight is 476 g/mol. The molecule has 5 rings (SSSR count). The number of benzene rings is 5. The number of nitrogens with zero attached hydrogens (tertiary/aromatic N) is 1. The van der Waals surface area contributed by atoms with Crippen molar-refractivity contribution < 1.29 is 18.9 Å². The maximum absolute atomic E-state index is 11.0. The molecule has 0 aromatic heterocycles. The molecule has 0 unspecified atom stereocenters. The van der Waals surface area contributed by atoms with Crippen LogP contribution in [-0.2, 0) is 21.9 Å². The molecule has 0 fully saturated rings. The summed E-state index contributed by atoms with van der Waals surface area (Å²) in [4.78, 5) is 20.2. The van der Waals surface area contributed by atoms with Gasteiger partial charge in [-0.25, -0.2) is 4.57 Å². The molecule has 0 heterocycles. The third-order valence-corrected chi connectivity index (χ3v) is 7.51. The van der Waals surface area contributed by atoms with E-state index in [0.717, 1.165) is 19.5 Å². The van der Waals surface area contributed by atoms with Gasteiger partial charge in [0.25, 0.3) is 0 Å². The summed E-state index contributed by atoms with van der Waals surface area (Å²) in [5.74, 6) is 0. The molecule has 5 aromatic rings. The number of likely N-dealkylation sites (N-methyl/N-ethyl adjacent to an activating group) is 1. The third kappa shape index (κ3) is 4.31. The standard InChI is InChI=1S/C28H30NO4P/c1-3-29(2)17-16-20-13-15-26-23-10-4-8-21-19(7-6-18-33-34(30,31)32)12-14-25(27(21)23)24-11-5-9-22(20)28(24)26/h4-5,8-15H,3,6-7,16-18H2,1-2H3,(H2,30,31,32). The molecule has 0 amide bonds. The molecule has 0 atom stereocenters. The van der Waals surface area contributed by atoms with Crippen LogP contribution in [0.2, 0.25) is 0 Å². The first-order valence-corrected chi connectivity index (χ1v) is 13.4. The Bertz CT molecular complexity index is 1500. The number of aryl methyl sites for hydroxylation is 1. The quantitative estimate of drug-likeness (QED) is 0.114. The second kappa shape index (κ2) is 9.26. The van der Waals surface area contributed by atoms with Gasteiger partial charge in [0, 0.05) is 6.54 Å². The lowest BCUT2D eigenvalue weighted by atomic mass is 9.86. The highest BCUT2D eigenvalue weighted by Gasteiger charge is 2.17. The molecule has 34 heavy (non-hydrogen) atoms. The number of phosphoric ester groups is 1. The van der Waals surface area contributed by atoms with Crippen LogP contribution >= 0.6 is 7.82 Å². The topological polar surface area (TPSA) is 70.0 Å². The van der Waals surface area contributed by atoms with Crippen molar-refractivity contribution in [2.75, 3.05) is 26.7 Å². The molecule has 5 nitrogen and oxygen atoms in total. The fraction of sp³-hybridized carbons (Fsp3) is 0.286. The van der Waals surface area contributed by atoms with E-state index in [1.807, 2.05) is 0 Å². The number of rotatable bonds is 9. The molecule has 0 spiro atoms. The smallest absolute Gasteiger partial charge is 0.306 e. The number of fused-ring (bicyclic) bond motifs is 2. The summed E-state index contributed by atoms with van der Waals surface area (Å²) in [6.45, 7) is 4.31. The van der Waals surface area contributed by atoms with Crippen molar-refractivity contribution in [3.05, 3.63) is 71.8 Å². The van der Waals surface area contributed by atoms with Gasteiger partial charge in [-0.2, -0.15) is 0 Å². The van der Waals surface area contributed by atoms with Crippen LogP contribution in [-0.4, -0.2) is 41.4 Å². The zero-order chi connectivity index (χ0) is 23.9. The van der Waals surface area contributed by atoms with E-state index in [4.69, 9.17) is 9.79 Å². The van der Waals surface area contributed by atoms with E-state index < -0.39 is 7.82 Å². The Balaban J connectivity index is 1.63. The Morgan fingerprint density at radius 3 is 1.79 bits per heavy atom. The van der Waals surface area contributed by atoms with E-state index in [9.17, 15) is 4.57 Å². The molecule has 0 bridgehead atoms. The van der Waals surface area contributed by atoms with E-state index in [1.165, 1.54) is 54.2 Å². The average Bonchev–Trinajstić information content (AvgIpc) is 2.83. The molecule has 0 radical (unpaired) electrons. The van der Waals surface area contributed by atoms with Gasteiger partial charge in [-0.15, -0.1) is 0 Å². The monoisotopic (exact) mass is 475 g/mol. The minimum absolute atomic E-state index is 0.0331. The molecule has 0 aliphatic rings. The van der Waals surface area contributed by atoms with E-state index >= 15 is 0 Å². The van der Waals surface area contributed by atoms with Crippen LogP contribution in [0.3, 0.4) is 0 Å². The van der Waals surface area contributed by atoms with Gasteiger partial charge in [0.1, 0.15) is 0 Å². The van der Waals surface area contributed by atoms with Crippen LogP contribution in [0.15, 0.2) is 60.7 Å². The largest absolute Gasteiger partial charge is 0.469 e. The van der Waals surface area contributed by atoms with Crippen molar-refractivity contribution in [1.82, 2.24) is 4.90 Å². The predicted molar refractivity (Wildman–Crippen MR) is 141 cm³/mol. The van der Waals surface area contributed by atoms with Crippen LogP contribution in [0.5, 0.6) is 0 Å². The highest BCUT2D eigenvalue weighted by molar-refractivity contribution is 7.46. The van der Waals surface area contributed by atoms with Gasteiger partial charge in [-0.3, -0.25) is 4.52 Å². The van der Waals surface area contributed by atoms with Crippen molar-refractivity contribution in [2.45, 2.75) is 26.2 Å². The third-order valence-electron chi connectivity index (χ3n) is 6.99. The van der Waals surface area contributed by atoms with Gasteiger partial charge < -0.3 is 14.7 Å². The van der Waals surface area contributed by atoms with Crippen LogP contribution in [0.1, 0.15) is 24.5 Å². The van der Waals surface area contributed by atoms with E-state index in [0.29, 0.717) is 12.8 Å². The van der Waals surface area contributed by atoms with Crippen LogP contribution in [0.25, 0.3) is 43.1 Å². The minimum Gasteiger partial charge on any atom is -0.306 e. The zero-order valence-electron chi connectivity index (χ0n) is 19.6. The summed E-state index contributed by atoms with van der Waals surface area (Å²) in [5, 5.41) is 10.2. The summed E-state index contributed by atoms with van der Waals surface area (Å²) in [6, 6.07) is 22.1. The SMILES string of the molecule is CCN(C)CCc1ccc2c3cccc4c(CCCOP(=O)(O)O)ccc(c5cccc1c52)c43. The summed E-state index contributed by atoms with van der Waals surface area (Å²) in [5.41, 5.74) is 2.56. The van der Waals surface area contributed by atoms with Gasteiger partial charge in [-0.1, -0.05) is 67.6 Å². The number of phosphoric acid groups is 1. The highest BCUT2D eigenvalue weighted by Crippen LogP contribution is 2.42. The molecular weight excluding hydrogens is 445 g/mol. The first-order chi connectivity index (χ1) is 16.4. The fourth-order valence-electron chi connectivity index (χ4n) is 5.18. The van der Waals surface area contributed by atoms with Crippen molar-refractivity contribution in [3.63, 3.8) is 0 Å². The van der Waals surface area contributed by atoms with Crippen LogP contribution in [0.4, 0.5) is 0 Å². The van der Waals surface area contributed by atoms with Gasteiger partial charge in [0.05, 0.1) is 6.61 Å². The lowest BCUT2D eigenvalue weighted by Crippen LogP contribution is -2.20. The number of hydrogen-bond acceptors (Lipinski definition) is 3. The molecule has 5 aromatic carbocycles. The minimum atomic E-state index is -4.43. The zero-order valence-corrected chi connectivity index (χ0v) is 20.5. The first-order valence-electron chi connectivity index (χ1n) is 11.9. The first kappa shape index (κ1) is 23.2. The molecular formula is C28H30NO4P. The molecule has 176 valence electrons. The van der Waals surface area contributed by atoms with Crippen molar-refractivity contribution in [3.8, 4) is 0 Å². The number of hydrogen-bond donors (Lipinski definition) is 2. The molecule has 0 saturated carbocycles. The van der Waals surface area contributed by atoms with E-state index in [2.05, 4.69) is 84.1 Å². The van der Waals surface area contributed by atoms with Crippen LogP contribution < -0.4 is 0 Å². The second-order valence-corrected chi connectivity index (χ2v) is 10.3. The Kier molecular flexibility index (Phi) is 6.32. The van der Waals surface area contributed by atoms with E-state index in [-0.39, 0.29) is 6.61 Å². The maximum Gasteiger partial charge on any atom is 0.469 e. The predicted octanol–water partition coefficient (Wildman–Crippen LogP) is 6.27. The van der Waals surface area contributed by atoms with Crippen molar-refractivity contribution in [2.24, 2.45) is 0 Å². The van der Waals surface area contributed by atoms with E-state index in [1.54, 1.807) is 0 Å². The van der Waals surface area contributed by atoms with Gasteiger partial charge in [0.15, 0.2) is 0 Å². The Morgan fingerprint density at radius 1 is 0.765 bits per heavy atom.